The molecule has 0 aromatic rings. The first kappa shape index (κ1) is 11.9. The van der Waals surface area contributed by atoms with Crippen LogP contribution in [0.3, 0.4) is 0 Å². The van der Waals surface area contributed by atoms with Crippen molar-refractivity contribution < 1.29 is 24.5 Å². The molecule has 0 rings (SSSR count). The standard InChI is InChI=1S/C8H14O5/c1-13-3-2-6(4-7(9)10)5-8(11)12/h6H,2-5H2,1H3,(H,9,10)(H,11,12). The van der Waals surface area contributed by atoms with Crippen LogP contribution in [0.5, 0.6) is 0 Å². The molecule has 0 aliphatic heterocycles. The number of aliphatic carboxylic acids is 2. The molecular weight excluding hydrogens is 176 g/mol. The molecule has 0 aliphatic carbocycles. The SMILES string of the molecule is COCCC(CC(=O)O)CC(=O)O. The fraction of sp³-hybridized carbons (Fsp3) is 0.750. The molecule has 0 aliphatic rings. The lowest BCUT2D eigenvalue weighted by molar-refractivity contribution is -0.140. The van der Waals surface area contributed by atoms with Crippen molar-refractivity contribution in [3.8, 4) is 0 Å². The van der Waals surface area contributed by atoms with E-state index in [1.165, 1.54) is 7.11 Å². The Morgan fingerprint density at radius 1 is 1.23 bits per heavy atom. The average Bonchev–Trinajstić information content (AvgIpc) is 1.98. The van der Waals surface area contributed by atoms with Gasteiger partial charge >= 0.3 is 11.9 Å². The molecule has 0 heterocycles. The van der Waals surface area contributed by atoms with E-state index in [0.29, 0.717) is 13.0 Å². The third-order valence-electron chi connectivity index (χ3n) is 1.66. The first-order chi connectivity index (χ1) is 6.06. The molecule has 76 valence electrons. The molecule has 5 heteroatoms. The Bertz CT molecular complexity index is 161. The van der Waals surface area contributed by atoms with E-state index in [0.717, 1.165) is 0 Å². The van der Waals surface area contributed by atoms with Gasteiger partial charge in [-0.3, -0.25) is 9.59 Å². The second-order valence-electron chi connectivity index (χ2n) is 2.84. The number of carboxylic acid groups (broad SMARTS) is 2. The smallest absolute Gasteiger partial charge is 0.303 e. The Morgan fingerprint density at radius 2 is 1.69 bits per heavy atom. The van der Waals surface area contributed by atoms with E-state index < -0.39 is 11.9 Å². The number of rotatable bonds is 7. The number of hydrogen-bond acceptors (Lipinski definition) is 3. The predicted molar refractivity (Wildman–Crippen MR) is 44.5 cm³/mol. The summed E-state index contributed by atoms with van der Waals surface area (Å²) in [4.78, 5) is 20.6. The zero-order valence-electron chi connectivity index (χ0n) is 7.52. The van der Waals surface area contributed by atoms with Crippen LogP contribution in [0.15, 0.2) is 0 Å². The highest BCUT2D eigenvalue weighted by atomic mass is 16.5. The fourth-order valence-corrected chi connectivity index (χ4v) is 1.05. The van der Waals surface area contributed by atoms with Crippen LogP contribution in [0.1, 0.15) is 19.3 Å². The monoisotopic (exact) mass is 190 g/mol. The molecule has 13 heavy (non-hydrogen) atoms. The van der Waals surface area contributed by atoms with Gasteiger partial charge in [-0.1, -0.05) is 0 Å². The topological polar surface area (TPSA) is 83.8 Å². The van der Waals surface area contributed by atoms with Crippen molar-refractivity contribution in [1.29, 1.82) is 0 Å². The Balaban J connectivity index is 3.87. The number of carbonyl (C=O) groups is 2. The van der Waals surface area contributed by atoms with Gasteiger partial charge in [-0.25, -0.2) is 0 Å². The van der Waals surface area contributed by atoms with Crippen LogP contribution < -0.4 is 0 Å². The summed E-state index contributed by atoms with van der Waals surface area (Å²) < 4.78 is 4.75. The Labute approximate surface area is 76.3 Å². The van der Waals surface area contributed by atoms with Gasteiger partial charge in [0.05, 0.1) is 0 Å². The van der Waals surface area contributed by atoms with Crippen LogP contribution >= 0.6 is 0 Å². The quantitative estimate of drug-likeness (QED) is 0.613. The minimum absolute atomic E-state index is 0.115. The molecule has 2 N–H and O–H groups in total. The van der Waals surface area contributed by atoms with Crippen molar-refractivity contribution >= 4 is 11.9 Å². The lowest BCUT2D eigenvalue weighted by Gasteiger charge is -2.10. The summed E-state index contributed by atoms with van der Waals surface area (Å²) in [6, 6.07) is 0. The molecule has 0 amide bonds. The minimum atomic E-state index is -0.970. The van der Waals surface area contributed by atoms with E-state index in [4.69, 9.17) is 14.9 Å². The molecule has 0 unspecified atom stereocenters. The third-order valence-corrected chi connectivity index (χ3v) is 1.66. The van der Waals surface area contributed by atoms with Gasteiger partial charge < -0.3 is 14.9 Å². The van der Waals surface area contributed by atoms with Crippen molar-refractivity contribution in [3.05, 3.63) is 0 Å². The summed E-state index contributed by atoms with van der Waals surface area (Å²) in [5, 5.41) is 16.9. The summed E-state index contributed by atoms with van der Waals surface area (Å²) in [5.41, 5.74) is 0. The van der Waals surface area contributed by atoms with E-state index in [1.807, 2.05) is 0 Å². The minimum Gasteiger partial charge on any atom is -0.481 e. The van der Waals surface area contributed by atoms with Crippen molar-refractivity contribution in [1.82, 2.24) is 0 Å². The highest BCUT2D eigenvalue weighted by molar-refractivity contribution is 5.70. The van der Waals surface area contributed by atoms with Crippen LogP contribution in [0.4, 0.5) is 0 Å². The second-order valence-corrected chi connectivity index (χ2v) is 2.84. The number of methoxy groups -OCH3 is 1. The highest BCUT2D eigenvalue weighted by Crippen LogP contribution is 2.13. The zero-order valence-corrected chi connectivity index (χ0v) is 7.52. The van der Waals surface area contributed by atoms with E-state index in [-0.39, 0.29) is 18.8 Å². The molecule has 0 bridgehead atoms. The Morgan fingerprint density at radius 3 is 2.00 bits per heavy atom. The normalized spacial score (nSPS) is 10.3. The maximum absolute atomic E-state index is 10.3. The number of ether oxygens (including phenoxy) is 1. The van der Waals surface area contributed by atoms with Crippen molar-refractivity contribution in [2.24, 2.45) is 5.92 Å². The van der Waals surface area contributed by atoms with E-state index in [2.05, 4.69) is 0 Å². The van der Waals surface area contributed by atoms with E-state index in [9.17, 15) is 9.59 Å². The molecule has 0 aromatic carbocycles. The fourth-order valence-electron chi connectivity index (χ4n) is 1.05. The summed E-state index contributed by atoms with van der Waals surface area (Å²) in [6.07, 6.45) is 0.237. The maximum Gasteiger partial charge on any atom is 0.303 e. The van der Waals surface area contributed by atoms with Gasteiger partial charge in [-0.05, 0) is 12.3 Å². The van der Waals surface area contributed by atoms with Crippen LogP contribution in [0.25, 0.3) is 0 Å². The third kappa shape index (κ3) is 7.27. The van der Waals surface area contributed by atoms with Gasteiger partial charge in [0.2, 0.25) is 0 Å². The van der Waals surface area contributed by atoms with Gasteiger partial charge in [0.15, 0.2) is 0 Å². The molecule has 0 saturated heterocycles. The van der Waals surface area contributed by atoms with Gasteiger partial charge in [0.1, 0.15) is 0 Å². The molecular formula is C8H14O5. The first-order valence-corrected chi connectivity index (χ1v) is 3.98. The molecule has 0 aromatic heterocycles. The van der Waals surface area contributed by atoms with Crippen LogP contribution in [-0.2, 0) is 14.3 Å². The summed E-state index contributed by atoms with van der Waals surface area (Å²) in [7, 11) is 1.50. The predicted octanol–water partition coefficient (Wildman–Crippen LogP) is 0.589. The summed E-state index contributed by atoms with van der Waals surface area (Å²) in [5.74, 6) is -2.28. The van der Waals surface area contributed by atoms with Gasteiger partial charge in [-0.2, -0.15) is 0 Å². The van der Waals surface area contributed by atoms with Crippen LogP contribution in [-0.4, -0.2) is 35.9 Å². The van der Waals surface area contributed by atoms with Gasteiger partial charge in [0, 0.05) is 26.6 Å². The first-order valence-electron chi connectivity index (χ1n) is 3.98. The molecule has 0 atom stereocenters. The number of hydrogen-bond donors (Lipinski definition) is 2. The summed E-state index contributed by atoms with van der Waals surface area (Å²) in [6.45, 7) is 0.394. The molecule has 0 spiro atoms. The molecule has 0 saturated carbocycles. The summed E-state index contributed by atoms with van der Waals surface area (Å²) >= 11 is 0. The lowest BCUT2D eigenvalue weighted by atomic mass is 9.98. The highest BCUT2D eigenvalue weighted by Gasteiger charge is 2.16. The Kier molecular flexibility index (Phi) is 5.88. The van der Waals surface area contributed by atoms with Crippen molar-refractivity contribution in [3.63, 3.8) is 0 Å². The molecule has 5 nitrogen and oxygen atoms in total. The van der Waals surface area contributed by atoms with Gasteiger partial charge in [-0.15, -0.1) is 0 Å². The van der Waals surface area contributed by atoms with Crippen LogP contribution in [0, 0.1) is 5.92 Å². The van der Waals surface area contributed by atoms with Crippen molar-refractivity contribution in [2.75, 3.05) is 13.7 Å². The van der Waals surface area contributed by atoms with Crippen LogP contribution in [0.2, 0.25) is 0 Å². The van der Waals surface area contributed by atoms with E-state index in [1.54, 1.807) is 0 Å². The molecule has 0 radical (unpaired) electrons. The molecule has 0 fully saturated rings. The lowest BCUT2D eigenvalue weighted by Crippen LogP contribution is -2.14. The van der Waals surface area contributed by atoms with Crippen molar-refractivity contribution in [2.45, 2.75) is 19.3 Å². The van der Waals surface area contributed by atoms with E-state index >= 15 is 0 Å². The Hall–Kier alpha value is -1.10. The largest absolute Gasteiger partial charge is 0.481 e. The zero-order chi connectivity index (χ0) is 10.3. The second kappa shape index (κ2) is 6.42. The van der Waals surface area contributed by atoms with Gasteiger partial charge in [0.25, 0.3) is 0 Å². The average molecular weight is 190 g/mol. The maximum atomic E-state index is 10.3. The number of carboxylic acids is 2.